The molecule has 1 aliphatic carbocycles. The van der Waals surface area contributed by atoms with Crippen molar-refractivity contribution in [2.75, 3.05) is 19.6 Å². The minimum atomic E-state index is -4.87. The third-order valence-corrected chi connectivity index (χ3v) is 4.51. The third kappa shape index (κ3) is 3.08. The number of halogens is 3. The number of alkyl halides is 3. The summed E-state index contributed by atoms with van der Waals surface area (Å²) in [4.78, 5) is 23.9. The van der Waals surface area contributed by atoms with Crippen LogP contribution in [0.25, 0.3) is 0 Å². The van der Waals surface area contributed by atoms with Gasteiger partial charge in [0.2, 0.25) is 0 Å². The molecule has 0 spiro atoms. The first-order valence-corrected chi connectivity index (χ1v) is 7.00. The molecule has 1 aliphatic heterocycles. The number of urea groups is 1. The van der Waals surface area contributed by atoms with Crippen LogP contribution >= 0.6 is 0 Å². The molecule has 2 N–H and O–H groups in total. The van der Waals surface area contributed by atoms with Crippen LogP contribution in [0.1, 0.15) is 26.2 Å². The maximum Gasteiger partial charge on any atom is 0.406 e. The minimum Gasteiger partial charge on any atom is -0.481 e. The Hall–Kier alpha value is -1.47. The van der Waals surface area contributed by atoms with E-state index in [4.69, 9.17) is 5.11 Å². The summed E-state index contributed by atoms with van der Waals surface area (Å²) in [6, 6.07) is -0.616. The van der Waals surface area contributed by atoms with Crippen molar-refractivity contribution < 1.29 is 27.9 Å². The van der Waals surface area contributed by atoms with Gasteiger partial charge in [-0.2, -0.15) is 13.2 Å². The van der Waals surface area contributed by atoms with Crippen LogP contribution < -0.4 is 5.32 Å². The number of carbonyl (C=O) groups is 2. The molecule has 1 heterocycles. The number of amides is 2. The van der Waals surface area contributed by atoms with E-state index in [9.17, 15) is 22.8 Å². The van der Waals surface area contributed by atoms with Gasteiger partial charge in [-0.25, -0.2) is 4.79 Å². The molecule has 120 valence electrons. The first-order chi connectivity index (χ1) is 9.67. The molecule has 2 atom stereocenters. The highest BCUT2D eigenvalue weighted by Crippen LogP contribution is 2.45. The fourth-order valence-electron chi connectivity index (χ4n) is 2.70. The smallest absolute Gasteiger partial charge is 0.406 e. The molecule has 2 amide bonds. The highest BCUT2D eigenvalue weighted by Gasteiger charge is 2.64. The van der Waals surface area contributed by atoms with Gasteiger partial charge in [-0.3, -0.25) is 4.79 Å². The van der Waals surface area contributed by atoms with Crippen molar-refractivity contribution in [3.05, 3.63) is 0 Å². The second-order valence-electron chi connectivity index (χ2n) is 6.06. The zero-order valence-electron chi connectivity index (χ0n) is 11.7. The van der Waals surface area contributed by atoms with Crippen molar-refractivity contribution in [2.24, 2.45) is 17.3 Å². The lowest BCUT2D eigenvalue weighted by Crippen LogP contribution is -2.49. The maximum absolute atomic E-state index is 13.0. The van der Waals surface area contributed by atoms with Crippen LogP contribution in [0.15, 0.2) is 0 Å². The summed E-state index contributed by atoms with van der Waals surface area (Å²) in [6.45, 7) is 1.37. The number of carboxylic acid groups (broad SMARTS) is 1. The van der Waals surface area contributed by atoms with Gasteiger partial charge in [0.25, 0.3) is 0 Å². The standard InChI is InChI=1S/C13H19F3N2O3/c1-8(9-2-3-9)6-17-11(21)18-5-4-12(7-18,10(19)20)13(14,15)16/h8-9H,2-7H2,1H3,(H,17,21)(H,19,20). The fourth-order valence-corrected chi connectivity index (χ4v) is 2.70. The Labute approximate surface area is 120 Å². The number of nitrogens with zero attached hydrogens (tertiary/aromatic N) is 1. The summed E-state index contributed by atoms with van der Waals surface area (Å²) in [5, 5.41) is 11.5. The Morgan fingerprint density at radius 1 is 1.43 bits per heavy atom. The van der Waals surface area contributed by atoms with Gasteiger partial charge in [-0.1, -0.05) is 6.92 Å². The van der Waals surface area contributed by atoms with Gasteiger partial charge < -0.3 is 15.3 Å². The first-order valence-electron chi connectivity index (χ1n) is 7.00. The Kier molecular flexibility index (Phi) is 4.08. The molecular weight excluding hydrogens is 289 g/mol. The normalized spacial score (nSPS) is 27.5. The average molecular weight is 308 g/mol. The lowest BCUT2D eigenvalue weighted by Gasteiger charge is -2.27. The van der Waals surface area contributed by atoms with Crippen molar-refractivity contribution in [2.45, 2.75) is 32.4 Å². The van der Waals surface area contributed by atoms with E-state index < -0.39 is 36.6 Å². The van der Waals surface area contributed by atoms with Gasteiger partial charge in [0, 0.05) is 19.6 Å². The van der Waals surface area contributed by atoms with E-state index in [1.54, 1.807) is 0 Å². The first kappa shape index (κ1) is 15.9. The van der Waals surface area contributed by atoms with E-state index in [1.165, 1.54) is 0 Å². The molecule has 2 aliphatic rings. The molecule has 0 aromatic rings. The van der Waals surface area contributed by atoms with Crippen molar-refractivity contribution in [3.63, 3.8) is 0 Å². The third-order valence-electron chi connectivity index (χ3n) is 4.51. The van der Waals surface area contributed by atoms with Gasteiger partial charge in [-0.05, 0) is 31.1 Å². The SMILES string of the molecule is CC(CNC(=O)N1CCC(C(=O)O)(C(F)(F)F)C1)C1CC1. The molecule has 0 aromatic carbocycles. The second kappa shape index (κ2) is 5.38. The Balaban J connectivity index is 1.93. The van der Waals surface area contributed by atoms with Gasteiger partial charge in [0.1, 0.15) is 0 Å². The largest absolute Gasteiger partial charge is 0.481 e. The second-order valence-corrected chi connectivity index (χ2v) is 6.06. The van der Waals surface area contributed by atoms with E-state index in [1.807, 2.05) is 6.92 Å². The monoisotopic (exact) mass is 308 g/mol. The van der Waals surface area contributed by atoms with Crippen molar-refractivity contribution in [1.82, 2.24) is 10.2 Å². The molecule has 0 bridgehead atoms. The van der Waals surface area contributed by atoms with Crippen LogP contribution in [-0.4, -0.2) is 47.8 Å². The number of nitrogens with one attached hydrogen (secondary N) is 1. The summed E-state index contributed by atoms with van der Waals surface area (Å²) in [5.41, 5.74) is -2.84. The number of hydrogen-bond donors (Lipinski definition) is 2. The summed E-state index contributed by atoms with van der Waals surface area (Å²) in [7, 11) is 0. The number of carbonyl (C=O) groups excluding carboxylic acids is 1. The molecule has 2 fully saturated rings. The van der Waals surface area contributed by atoms with E-state index in [0.29, 0.717) is 18.4 Å². The van der Waals surface area contributed by atoms with Crippen LogP contribution in [0.5, 0.6) is 0 Å². The Bertz CT molecular complexity index is 437. The van der Waals surface area contributed by atoms with Crippen LogP contribution in [0.4, 0.5) is 18.0 Å². The summed E-state index contributed by atoms with van der Waals surface area (Å²) < 4.78 is 39.0. The number of aliphatic carboxylic acids is 1. The molecule has 5 nitrogen and oxygen atoms in total. The van der Waals surface area contributed by atoms with Gasteiger partial charge in [-0.15, -0.1) is 0 Å². The number of rotatable bonds is 4. The Morgan fingerprint density at radius 3 is 2.48 bits per heavy atom. The van der Waals surface area contributed by atoms with E-state index >= 15 is 0 Å². The van der Waals surface area contributed by atoms with Crippen LogP contribution in [0, 0.1) is 17.3 Å². The molecule has 2 unspecified atom stereocenters. The highest BCUT2D eigenvalue weighted by atomic mass is 19.4. The number of likely N-dealkylation sites (tertiary alicyclic amines) is 1. The molecule has 8 heteroatoms. The number of hydrogen-bond acceptors (Lipinski definition) is 2. The minimum absolute atomic E-state index is 0.199. The predicted molar refractivity (Wildman–Crippen MR) is 67.6 cm³/mol. The van der Waals surface area contributed by atoms with E-state index in [0.717, 1.165) is 17.7 Å². The summed E-state index contributed by atoms with van der Waals surface area (Å²) >= 11 is 0. The molecule has 0 radical (unpaired) electrons. The van der Waals surface area contributed by atoms with E-state index in [-0.39, 0.29) is 6.54 Å². The van der Waals surface area contributed by atoms with Crippen molar-refractivity contribution >= 4 is 12.0 Å². The van der Waals surface area contributed by atoms with Gasteiger partial charge in [0.05, 0.1) is 0 Å². The summed E-state index contributed by atoms with van der Waals surface area (Å²) in [6.07, 6.45) is -3.22. The molecule has 0 aromatic heterocycles. The molecule has 1 saturated heterocycles. The van der Waals surface area contributed by atoms with Crippen LogP contribution in [0.3, 0.4) is 0 Å². The lowest BCUT2D eigenvalue weighted by atomic mass is 9.86. The van der Waals surface area contributed by atoms with Crippen molar-refractivity contribution in [3.8, 4) is 0 Å². The van der Waals surface area contributed by atoms with Crippen LogP contribution in [0.2, 0.25) is 0 Å². The number of carboxylic acids is 1. The fraction of sp³-hybridized carbons (Fsp3) is 0.846. The Morgan fingerprint density at radius 2 is 2.05 bits per heavy atom. The van der Waals surface area contributed by atoms with Gasteiger partial charge in [0.15, 0.2) is 5.41 Å². The lowest BCUT2D eigenvalue weighted by molar-refractivity contribution is -0.226. The highest BCUT2D eigenvalue weighted by molar-refractivity contribution is 5.80. The molecular formula is C13H19F3N2O3. The zero-order valence-corrected chi connectivity index (χ0v) is 11.7. The maximum atomic E-state index is 13.0. The van der Waals surface area contributed by atoms with Crippen LogP contribution in [-0.2, 0) is 4.79 Å². The molecule has 1 saturated carbocycles. The molecule has 2 rings (SSSR count). The molecule has 21 heavy (non-hydrogen) atoms. The zero-order chi connectivity index (χ0) is 15.8. The topological polar surface area (TPSA) is 69.6 Å². The quantitative estimate of drug-likeness (QED) is 0.835. The predicted octanol–water partition coefficient (Wildman–Crippen LogP) is 2.08. The summed E-state index contributed by atoms with van der Waals surface area (Å²) in [5.74, 6) is -1.04. The van der Waals surface area contributed by atoms with E-state index in [2.05, 4.69) is 5.32 Å². The average Bonchev–Trinajstić information content (AvgIpc) is 3.11. The van der Waals surface area contributed by atoms with Crippen molar-refractivity contribution in [1.29, 1.82) is 0 Å². The van der Waals surface area contributed by atoms with Gasteiger partial charge >= 0.3 is 18.2 Å².